The second-order valence-corrected chi connectivity index (χ2v) is 7.55. The standard InChI is InChI=1S/C14H18N4O3S/c1-9-11-6-7-12(15-13(11)18(2)16-9)14(19)17-22(20,21)8-10-4-3-5-10/h6-7,10H,3-5,8H2,1-2H3,(H,17,19). The van der Waals surface area contributed by atoms with Gasteiger partial charge in [0.2, 0.25) is 10.0 Å². The summed E-state index contributed by atoms with van der Waals surface area (Å²) in [6.45, 7) is 1.85. The van der Waals surface area contributed by atoms with E-state index < -0.39 is 15.9 Å². The van der Waals surface area contributed by atoms with Crippen LogP contribution >= 0.6 is 0 Å². The van der Waals surface area contributed by atoms with Gasteiger partial charge in [0.1, 0.15) is 5.69 Å². The maximum Gasteiger partial charge on any atom is 0.283 e. The Labute approximate surface area is 128 Å². The number of hydrogen-bond acceptors (Lipinski definition) is 5. The monoisotopic (exact) mass is 322 g/mol. The number of hydrogen-bond donors (Lipinski definition) is 1. The van der Waals surface area contributed by atoms with Gasteiger partial charge in [-0.2, -0.15) is 5.10 Å². The molecule has 0 aliphatic heterocycles. The number of pyridine rings is 1. The van der Waals surface area contributed by atoms with Crippen LogP contribution in [0.15, 0.2) is 12.1 Å². The van der Waals surface area contributed by atoms with Gasteiger partial charge in [-0.15, -0.1) is 0 Å². The van der Waals surface area contributed by atoms with Crippen LogP contribution < -0.4 is 4.72 Å². The van der Waals surface area contributed by atoms with Gasteiger partial charge in [-0.05, 0) is 37.8 Å². The van der Waals surface area contributed by atoms with Crippen LogP contribution in [0.5, 0.6) is 0 Å². The van der Waals surface area contributed by atoms with E-state index in [0.717, 1.165) is 30.3 Å². The molecule has 0 aromatic carbocycles. The first kappa shape index (κ1) is 15.0. The third-order valence-corrected chi connectivity index (χ3v) is 5.44. The van der Waals surface area contributed by atoms with Gasteiger partial charge >= 0.3 is 0 Å². The number of carbonyl (C=O) groups excluding carboxylic acids is 1. The number of aromatic nitrogens is 3. The van der Waals surface area contributed by atoms with Gasteiger partial charge in [-0.25, -0.2) is 18.1 Å². The minimum Gasteiger partial charge on any atom is -0.266 e. The zero-order valence-corrected chi connectivity index (χ0v) is 13.4. The highest BCUT2D eigenvalue weighted by atomic mass is 32.2. The molecule has 8 heteroatoms. The van der Waals surface area contributed by atoms with Crippen LogP contribution in [0.2, 0.25) is 0 Å². The Bertz CT molecular complexity index is 837. The summed E-state index contributed by atoms with van der Waals surface area (Å²) in [6.07, 6.45) is 2.88. The van der Waals surface area contributed by atoms with Crippen molar-refractivity contribution < 1.29 is 13.2 Å². The van der Waals surface area contributed by atoms with Crippen molar-refractivity contribution in [3.05, 3.63) is 23.5 Å². The summed E-state index contributed by atoms with van der Waals surface area (Å²) < 4.78 is 27.6. The number of sulfonamides is 1. The summed E-state index contributed by atoms with van der Waals surface area (Å²) in [6, 6.07) is 3.25. The van der Waals surface area contributed by atoms with Crippen molar-refractivity contribution in [3.63, 3.8) is 0 Å². The average Bonchev–Trinajstić information content (AvgIpc) is 2.69. The smallest absolute Gasteiger partial charge is 0.266 e. The normalized spacial score (nSPS) is 15.7. The third kappa shape index (κ3) is 2.83. The van der Waals surface area contributed by atoms with Gasteiger partial charge in [0.05, 0.1) is 11.4 Å². The molecule has 1 amide bonds. The number of amides is 1. The van der Waals surface area contributed by atoms with Gasteiger partial charge in [0.15, 0.2) is 5.65 Å². The predicted octanol–water partition coefficient (Wildman–Crippen LogP) is 1.14. The van der Waals surface area contributed by atoms with Gasteiger partial charge in [0.25, 0.3) is 5.91 Å². The van der Waals surface area contributed by atoms with Crippen LogP contribution in [0.3, 0.4) is 0 Å². The quantitative estimate of drug-likeness (QED) is 0.911. The molecule has 1 aliphatic carbocycles. The van der Waals surface area contributed by atoms with E-state index >= 15 is 0 Å². The van der Waals surface area contributed by atoms with Crippen LogP contribution in [-0.2, 0) is 17.1 Å². The summed E-state index contributed by atoms with van der Waals surface area (Å²) in [7, 11) is -1.88. The largest absolute Gasteiger partial charge is 0.283 e. The number of nitrogens with zero attached hydrogens (tertiary/aromatic N) is 3. The molecule has 0 unspecified atom stereocenters. The maximum atomic E-state index is 12.1. The molecule has 0 radical (unpaired) electrons. The SMILES string of the molecule is Cc1nn(C)c2nc(C(=O)NS(=O)(=O)CC3CCC3)ccc12. The zero-order valence-electron chi connectivity index (χ0n) is 12.5. The highest BCUT2D eigenvalue weighted by Crippen LogP contribution is 2.27. The van der Waals surface area contributed by atoms with Gasteiger partial charge in [-0.1, -0.05) is 6.42 Å². The average molecular weight is 322 g/mol. The lowest BCUT2D eigenvalue weighted by atomic mass is 9.87. The van der Waals surface area contributed by atoms with Gasteiger partial charge < -0.3 is 0 Å². The molecule has 0 spiro atoms. The predicted molar refractivity (Wildman–Crippen MR) is 81.8 cm³/mol. The zero-order chi connectivity index (χ0) is 15.9. The van der Waals surface area contributed by atoms with Crippen molar-refractivity contribution >= 4 is 27.0 Å². The van der Waals surface area contributed by atoms with Gasteiger partial charge in [-0.3, -0.25) is 9.48 Å². The van der Waals surface area contributed by atoms with Crippen molar-refractivity contribution in [2.75, 3.05) is 5.75 Å². The second-order valence-electron chi connectivity index (χ2n) is 5.79. The fourth-order valence-corrected chi connectivity index (χ4v) is 4.06. The lowest BCUT2D eigenvalue weighted by Gasteiger charge is -2.24. The second kappa shape index (κ2) is 5.35. The van der Waals surface area contributed by atoms with Crippen LogP contribution in [0, 0.1) is 12.8 Å². The van der Waals surface area contributed by atoms with E-state index in [1.165, 1.54) is 6.07 Å². The van der Waals surface area contributed by atoms with Crippen LogP contribution in [0.25, 0.3) is 11.0 Å². The topological polar surface area (TPSA) is 93.9 Å². The number of nitrogens with one attached hydrogen (secondary N) is 1. The van der Waals surface area contributed by atoms with Crippen LogP contribution in [-0.4, -0.2) is 34.8 Å². The van der Waals surface area contributed by atoms with E-state index in [9.17, 15) is 13.2 Å². The summed E-state index contributed by atoms with van der Waals surface area (Å²) in [5, 5.41) is 5.07. The summed E-state index contributed by atoms with van der Waals surface area (Å²) in [4.78, 5) is 16.3. The van der Waals surface area contributed by atoms with Crippen molar-refractivity contribution in [2.24, 2.45) is 13.0 Å². The third-order valence-electron chi connectivity index (χ3n) is 4.03. The van der Waals surface area contributed by atoms with Crippen molar-refractivity contribution in [1.82, 2.24) is 19.5 Å². The summed E-state index contributed by atoms with van der Waals surface area (Å²) in [5.41, 5.74) is 1.45. The maximum absolute atomic E-state index is 12.1. The number of rotatable bonds is 4. The summed E-state index contributed by atoms with van der Waals surface area (Å²) in [5.74, 6) is -0.522. The number of fused-ring (bicyclic) bond motifs is 1. The Kier molecular flexibility index (Phi) is 3.64. The molecule has 1 fully saturated rings. The Morgan fingerprint density at radius 2 is 2.14 bits per heavy atom. The minimum atomic E-state index is -3.61. The van der Waals surface area contributed by atoms with E-state index in [0.29, 0.717) is 5.65 Å². The molecule has 2 heterocycles. The van der Waals surface area contributed by atoms with E-state index in [4.69, 9.17) is 0 Å². The Morgan fingerprint density at radius 3 is 2.77 bits per heavy atom. The van der Waals surface area contributed by atoms with E-state index in [2.05, 4.69) is 14.8 Å². The first-order chi connectivity index (χ1) is 10.4. The first-order valence-electron chi connectivity index (χ1n) is 7.21. The highest BCUT2D eigenvalue weighted by Gasteiger charge is 2.26. The van der Waals surface area contributed by atoms with Gasteiger partial charge in [0, 0.05) is 12.4 Å². The molecular weight excluding hydrogens is 304 g/mol. The van der Waals surface area contributed by atoms with E-state index in [-0.39, 0.29) is 17.4 Å². The fraction of sp³-hybridized carbons (Fsp3) is 0.500. The molecule has 2 aromatic heterocycles. The molecule has 0 bridgehead atoms. The Morgan fingerprint density at radius 1 is 1.41 bits per heavy atom. The Balaban J connectivity index is 1.81. The molecule has 1 saturated carbocycles. The molecule has 2 aromatic rings. The lowest BCUT2D eigenvalue weighted by molar-refractivity contribution is 0.0976. The molecule has 0 saturated heterocycles. The van der Waals surface area contributed by atoms with E-state index in [1.807, 2.05) is 6.92 Å². The molecule has 0 atom stereocenters. The molecular formula is C14H18N4O3S. The molecule has 3 rings (SSSR count). The van der Waals surface area contributed by atoms with E-state index in [1.54, 1.807) is 17.8 Å². The molecule has 1 aliphatic rings. The number of carbonyl (C=O) groups is 1. The van der Waals surface area contributed by atoms with Crippen LogP contribution in [0.1, 0.15) is 35.4 Å². The molecule has 118 valence electrons. The van der Waals surface area contributed by atoms with Crippen molar-refractivity contribution in [1.29, 1.82) is 0 Å². The molecule has 7 nitrogen and oxygen atoms in total. The molecule has 22 heavy (non-hydrogen) atoms. The van der Waals surface area contributed by atoms with Crippen LogP contribution in [0.4, 0.5) is 0 Å². The number of aryl methyl sites for hydroxylation is 2. The fourth-order valence-electron chi connectivity index (χ4n) is 2.64. The van der Waals surface area contributed by atoms with Crippen molar-refractivity contribution in [2.45, 2.75) is 26.2 Å². The minimum absolute atomic E-state index is 0.00576. The molecule has 1 N–H and O–H groups in total. The Hall–Kier alpha value is -1.96. The first-order valence-corrected chi connectivity index (χ1v) is 8.86. The highest BCUT2D eigenvalue weighted by molar-refractivity contribution is 7.90. The lowest BCUT2D eigenvalue weighted by Crippen LogP contribution is -2.36. The summed E-state index contributed by atoms with van der Waals surface area (Å²) >= 11 is 0. The van der Waals surface area contributed by atoms with Crippen molar-refractivity contribution in [3.8, 4) is 0 Å².